The van der Waals surface area contributed by atoms with Crippen molar-refractivity contribution in [1.82, 2.24) is 9.97 Å². The van der Waals surface area contributed by atoms with Gasteiger partial charge in [-0.3, -0.25) is 0 Å². The van der Waals surface area contributed by atoms with E-state index in [4.69, 9.17) is 16.3 Å². The lowest BCUT2D eigenvalue weighted by Crippen LogP contribution is -2.09. The molecule has 0 fully saturated rings. The van der Waals surface area contributed by atoms with Crippen LogP contribution in [0.3, 0.4) is 0 Å². The number of benzene rings is 1. The van der Waals surface area contributed by atoms with E-state index < -0.39 is 0 Å². The Hall–Kier alpha value is -1.85. The highest BCUT2D eigenvalue weighted by Gasteiger charge is 1.99. The van der Waals surface area contributed by atoms with Crippen molar-refractivity contribution in [3.8, 4) is 0 Å². The summed E-state index contributed by atoms with van der Waals surface area (Å²) in [7, 11) is 1.70. The molecule has 0 amide bonds. The van der Waals surface area contributed by atoms with Crippen molar-refractivity contribution in [3.63, 3.8) is 0 Å². The first-order valence-corrected chi connectivity index (χ1v) is 7.69. The third kappa shape index (κ3) is 5.87. The maximum Gasteiger partial charge on any atom is 0.131 e. The smallest absolute Gasteiger partial charge is 0.131 e. The second-order valence-electron chi connectivity index (χ2n) is 4.87. The molecule has 0 spiro atoms. The highest BCUT2D eigenvalue weighted by molar-refractivity contribution is 6.30. The summed E-state index contributed by atoms with van der Waals surface area (Å²) in [6.45, 7) is 2.36. The molecule has 22 heavy (non-hydrogen) atoms. The number of hydrogen-bond acceptors (Lipinski definition) is 5. The number of anilines is 2. The SMILES string of the molecule is COCCCNc1cc(NCCc2cccc(Cl)c2)ncn1. The number of rotatable bonds is 9. The van der Waals surface area contributed by atoms with Gasteiger partial charge in [0.2, 0.25) is 0 Å². The van der Waals surface area contributed by atoms with Crippen molar-refractivity contribution in [2.24, 2.45) is 0 Å². The first-order chi connectivity index (χ1) is 10.8. The molecule has 0 unspecified atom stereocenters. The van der Waals surface area contributed by atoms with E-state index in [1.54, 1.807) is 13.4 Å². The minimum absolute atomic E-state index is 0.739. The highest BCUT2D eigenvalue weighted by Crippen LogP contribution is 2.12. The van der Waals surface area contributed by atoms with Crippen LogP contribution in [0.15, 0.2) is 36.7 Å². The van der Waals surface area contributed by atoms with Crippen molar-refractivity contribution < 1.29 is 4.74 Å². The number of halogens is 1. The van der Waals surface area contributed by atoms with Crippen LogP contribution in [0.4, 0.5) is 11.6 Å². The van der Waals surface area contributed by atoms with E-state index in [0.717, 1.165) is 49.2 Å². The lowest BCUT2D eigenvalue weighted by Gasteiger charge is -2.08. The summed E-state index contributed by atoms with van der Waals surface area (Å²) in [6, 6.07) is 9.79. The molecule has 1 aromatic carbocycles. The molecule has 0 aliphatic heterocycles. The van der Waals surface area contributed by atoms with E-state index in [1.807, 2.05) is 24.3 Å². The van der Waals surface area contributed by atoms with Gasteiger partial charge >= 0.3 is 0 Å². The fourth-order valence-corrected chi connectivity index (χ4v) is 2.22. The summed E-state index contributed by atoms with van der Waals surface area (Å²) in [5, 5.41) is 7.31. The van der Waals surface area contributed by atoms with Crippen LogP contribution >= 0.6 is 11.6 Å². The maximum atomic E-state index is 5.97. The van der Waals surface area contributed by atoms with Gasteiger partial charge in [0.15, 0.2) is 0 Å². The van der Waals surface area contributed by atoms with Crippen LogP contribution in [0.25, 0.3) is 0 Å². The minimum atomic E-state index is 0.739. The van der Waals surface area contributed by atoms with Crippen LogP contribution < -0.4 is 10.6 Å². The van der Waals surface area contributed by atoms with Crippen molar-refractivity contribution in [3.05, 3.63) is 47.2 Å². The molecule has 2 N–H and O–H groups in total. The van der Waals surface area contributed by atoms with Crippen LogP contribution in [-0.2, 0) is 11.2 Å². The van der Waals surface area contributed by atoms with Gasteiger partial charge in [-0.1, -0.05) is 23.7 Å². The molecule has 0 aliphatic rings. The van der Waals surface area contributed by atoms with Crippen LogP contribution in [0.1, 0.15) is 12.0 Å². The van der Waals surface area contributed by atoms with Crippen molar-refractivity contribution in [2.75, 3.05) is 37.4 Å². The standard InChI is InChI=1S/C16H21ClN4O/c1-22-9-3-7-18-15-11-16(21-12-20-15)19-8-6-13-4-2-5-14(17)10-13/h2,4-5,10-12H,3,6-9H2,1H3,(H2,18,19,20,21). The molecule has 118 valence electrons. The Labute approximate surface area is 136 Å². The predicted octanol–water partition coefficient (Wildman–Crippen LogP) is 3.23. The summed E-state index contributed by atoms with van der Waals surface area (Å²) in [4.78, 5) is 8.41. The average Bonchev–Trinajstić information content (AvgIpc) is 2.52. The van der Waals surface area contributed by atoms with Crippen LogP contribution in [-0.4, -0.2) is 36.8 Å². The second-order valence-corrected chi connectivity index (χ2v) is 5.30. The van der Waals surface area contributed by atoms with Gasteiger partial charge in [0, 0.05) is 37.9 Å². The summed E-state index contributed by atoms with van der Waals surface area (Å²) in [6.07, 6.45) is 3.39. The number of methoxy groups -OCH3 is 1. The van der Waals surface area contributed by atoms with Crippen molar-refractivity contribution in [2.45, 2.75) is 12.8 Å². The Morgan fingerprint density at radius 3 is 2.59 bits per heavy atom. The zero-order valence-corrected chi connectivity index (χ0v) is 13.4. The number of nitrogens with one attached hydrogen (secondary N) is 2. The normalized spacial score (nSPS) is 10.5. The molecule has 0 saturated carbocycles. The Kier molecular flexibility index (Phi) is 6.93. The molecular weight excluding hydrogens is 300 g/mol. The predicted molar refractivity (Wildman–Crippen MR) is 90.7 cm³/mol. The van der Waals surface area contributed by atoms with Crippen LogP contribution in [0.5, 0.6) is 0 Å². The zero-order valence-electron chi connectivity index (χ0n) is 12.7. The van der Waals surface area contributed by atoms with E-state index in [0.29, 0.717) is 0 Å². The minimum Gasteiger partial charge on any atom is -0.385 e. The van der Waals surface area contributed by atoms with Gasteiger partial charge in [-0.2, -0.15) is 0 Å². The van der Waals surface area contributed by atoms with Crippen molar-refractivity contribution >= 4 is 23.2 Å². The average molecular weight is 321 g/mol. The lowest BCUT2D eigenvalue weighted by molar-refractivity contribution is 0.198. The lowest BCUT2D eigenvalue weighted by atomic mass is 10.1. The van der Waals surface area contributed by atoms with E-state index in [-0.39, 0.29) is 0 Å². The molecule has 0 aliphatic carbocycles. The van der Waals surface area contributed by atoms with Gasteiger partial charge in [-0.15, -0.1) is 0 Å². The summed E-state index contributed by atoms with van der Waals surface area (Å²) < 4.78 is 5.01. The van der Waals surface area contributed by atoms with Crippen LogP contribution in [0.2, 0.25) is 5.02 Å². The molecule has 2 aromatic rings. The Bertz CT molecular complexity index is 580. The molecule has 2 rings (SSSR count). The van der Waals surface area contributed by atoms with E-state index in [9.17, 15) is 0 Å². The van der Waals surface area contributed by atoms with Crippen LogP contribution in [0, 0.1) is 0 Å². The fraction of sp³-hybridized carbons (Fsp3) is 0.375. The monoisotopic (exact) mass is 320 g/mol. The summed E-state index contributed by atoms with van der Waals surface area (Å²) >= 11 is 5.97. The van der Waals surface area contributed by atoms with Gasteiger partial charge in [-0.05, 0) is 30.5 Å². The number of aromatic nitrogens is 2. The molecule has 0 saturated heterocycles. The third-order valence-electron chi connectivity index (χ3n) is 3.11. The zero-order chi connectivity index (χ0) is 15.6. The quantitative estimate of drug-likeness (QED) is 0.695. The third-order valence-corrected chi connectivity index (χ3v) is 3.34. The van der Waals surface area contributed by atoms with Gasteiger partial charge in [-0.25, -0.2) is 9.97 Å². The first-order valence-electron chi connectivity index (χ1n) is 7.31. The number of nitrogens with zero attached hydrogens (tertiary/aromatic N) is 2. The molecule has 0 radical (unpaired) electrons. The highest BCUT2D eigenvalue weighted by atomic mass is 35.5. The molecule has 0 bridgehead atoms. The Morgan fingerprint density at radius 1 is 1.09 bits per heavy atom. The number of ether oxygens (including phenoxy) is 1. The fourth-order valence-electron chi connectivity index (χ4n) is 2.01. The van der Waals surface area contributed by atoms with E-state index in [2.05, 4.69) is 26.7 Å². The summed E-state index contributed by atoms with van der Waals surface area (Å²) in [5.74, 6) is 1.63. The van der Waals surface area contributed by atoms with Gasteiger partial charge in [0.05, 0.1) is 0 Å². The van der Waals surface area contributed by atoms with E-state index >= 15 is 0 Å². The molecule has 1 aromatic heterocycles. The molecular formula is C16H21ClN4O. The first kappa shape index (κ1) is 16.5. The van der Waals surface area contributed by atoms with E-state index in [1.165, 1.54) is 5.56 Å². The molecule has 1 heterocycles. The molecule has 0 atom stereocenters. The topological polar surface area (TPSA) is 59.1 Å². The largest absolute Gasteiger partial charge is 0.385 e. The molecule has 6 heteroatoms. The molecule has 5 nitrogen and oxygen atoms in total. The second kappa shape index (κ2) is 9.23. The Morgan fingerprint density at radius 2 is 1.86 bits per heavy atom. The number of hydrogen-bond donors (Lipinski definition) is 2. The van der Waals surface area contributed by atoms with Gasteiger partial charge < -0.3 is 15.4 Å². The summed E-state index contributed by atoms with van der Waals surface area (Å²) in [5.41, 5.74) is 1.20. The van der Waals surface area contributed by atoms with Crippen molar-refractivity contribution in [1.29, 1.82) is 0 Å². The van der Waals surface area contributed by atoms with Gasteiger partial charge in [0.25, 0.3) is 0 Å². The Balaban J connectivity index is 1.77. The maximum absolute atomic E-state index is 5.97. The van der Waals surface area contributed by atoms with Gasteiger partial charge in [0.1, 0.15) is 18.0 Å².